The van der Waals surface area contributed by atoms with E-state index in [4.69, 9.17) is 11.6 Å². The number of carbonyl (C=O) groups is 1. The number of carbonyl (C=O) groups excluding carboxylic acids is 1. The van der Waals surface area contributed by atoms with Gasteiger partial charge in [0.1, 0.15) is 0 Å². The summed E-state index contributed by atoms with van der Waals surface area (Å²) in [6.45, 7) is 0. The van der Waals surface area contributed by atoms with E-state index in [9.17, 15) is 4.79 Å². The fourth-order valence-electron chi connectivity index (χ4n) is 1.97. The van der Waals surface area contributed by atoms with Crippen molar-refractivity contribution in [2.45, 2.75) is 0 Å². The van der Waals surface area contributed by atoms with Gasteiger partial charge in [0.25, 0.3) is 5.91 Å². The number of aromatic amines is 1. The monoisotopic (exact) mass is 348 g/mol. The van der Waals surface area contributed by atoms with Gasteiger partial charge in [-0.15, -0.1) is 0 Å². The van der Waals surface area contributed by atoms with Crippen molar-refractivity contribution in [1.82, 2.24) is 4.98 Å². The molecule has 3 rings (SSSR count). The molecule has 0 bridgehead atoms. The van der Waals surface area contributed by atoms with Gasteiger partial charge in [0.2, 0.25) is 0 Å². The lowest BCUT2D eigenvalue weighted by Gasteiger charge is -2.06. The zero-order valence-corrected chi connectivity index (χ0v) is 12.6. The summed E-state index contributed by atoms with van der Waals surface area (Å²) in [4.78, 5) is 15.3. The van der Waals surface area contributed by atoms with Crippen LogP contribution in [-0.4, -0.2) is 10.9 Å². The van der Waals surface area contributed by atoms with Crippen LogP contribution in [0.1, 0.15) is 10.4 Å². The molecule has 3 aromatic rings. The average molecular weight is 350 g/mol. The van der Waals surface area contributed by atoms with Gasteiger partial charge in [-0.25, -0.2) is 0 Å². The molecular weight excluding hydrogens is 340 g/mol. The Kier molecular flexibility index (Phi) is 3.51. The van der Waals surface area contributed by atoms with Gasteiger partial charge in [-0.05, 0) is 58.4 Å². The van der Waals surface area contributed by atoms with Crippen molar-refractivity contribution in [3.63, 3.8) is 0 Å². The van der Waals surface area contributed by atoms with Crippen LogP contribution in [0.25, 0.3) is 10.9 Å². The number of fused-ring (bicyclic) bond motifs is 1. The second-order valence-corrected chi connectivity index (χ2v) is 5.62. The first-order valence-corrected chi connectivity index (χ1v) is 7.14. The summed E-state index contributed by atoms with van der Waals surface area (Å²) in [5.74, 6) is -0.186. The predicted octanol–water partition coefficient (Wildman–Crippen LogP) is 4.84. The van der Waals surface area contributed by atoms with Crippen LogP contribution in [-0.2, 0) is 0 Å². The zero-order valence-electron chi connectivity index (χ0n) is 10.3. The summed E-state index contributed by atoms with van der Waals surface area (Å²) in [7, 11) is 0. The summed E-state index contributed by atoms with van der Waals surface area (Å²) in [6, 6.07) is 12.8. The standard InChI is InChI=1S/C15H10BrClN2O/c16-12-3-1-10(8-13(12)17)15(20)19-11-2-4-14-9(7-11)5-6-18-14/h1-8,18H,(H,19,20). The Hall–Kier alpha value is -1.78. The molecule has 1 amide bonds. The quantitative estimate of drug-likeness (QED) is 0.683. The van der Waals surface area contributed by atoms with E-state index in [1.54, 1.807) is 18.2 Å². The van der Waals surface area contributed by atoms with E-state index >= 15 is 0 Å². The van der Waals surface area contributed by atoms with Gasteiger partial charge in [0.15, 0.2) is 0 Å². The molecule has 0 saturated heterocycles. The van der Waals surface area contributed by atoms with Crippen LogP contribution < -0.4 is 5.32 Å². The third kappa shape index (κ3) is 2.57. The molecule has 0 spiro atoms. The van der Waals surface area contributed by atoms with E-state index in [1.165, 1.54) is 0 Å². The van der Waals surface area contributed by atoms with Crippen molar-refractivity contribution < 1.29 is 4.79 Å². The number of anilines is 1. The molecule has 1 heterocycles. The maximum absolute atomic E-state index is 12.2. The normalized spacial score (nSPS) is 10.7. The van der Waals surface area contributed by atoms with Crippen molar-refractivity contribution in [3.8, 4) is 0 Å². The highest BCUT2D eigenvalue weighted by Gasteiger charge is 2.08. The molecule has 0 saturated carbocycles. The number of H-pyrrole nitrogens is 1. The van der Waals surface area contributed by atoms with E-state index in [2.05, 4.69) is 26.2 Å². The molecule has 0 atom stereocenters. The summed E-state index contributed by atoms with van der Waals surface area (Å²) >= 11 is 9.29. The van der Waals surface area contributed by atoms with Gasteiger partial charge in [-0.1, -0.05) is 11.6 Å². The largest absolute Gasteiger partial charge is 0.361 e. The number of aromatic nitrogens is 1. The number of hydrogen-bond donors (Lipinski definition) is 2. The van der Waals surface area contributed by atoms with Crippen LogP contribution in [0.15, 0.2) is 53.1 Å². The third-order valence-electron chi connectivity index (χ3n) is 2.99. The summed E-state index contributed by atoms with van der Waals surface area (Å²) in [5, 5.41) is 4.43. The lowest BCUT2D eigenvalue weighted by atomic mass is 10.2. The average Bonchev–Trinajstić information content (AvgIpc) is 2.89. The van der Waals surface area contributed by atoms with Crippen LogP contribution in [0, 0.1) is 0 Å². The lowest BCUT2D eigenvalue weighted by molar-refractivity contribution is 0.102. The van der Waals surface area contributed by atoms with Crippen molar-refractivity contribution >= 4 is 50.0 Å². The molecule has 2 aromatic carbocycles. The zero-order chi connectivity index (χ0) is 14.1. The van der Waals surface area contributed by atoms with Gasteiger partial charge in [0.05, 0.1) is 5.02 Å². The highest BCUT2D eigenvalue weighted by Crippen LogP contribution is 2.24. The highest BCUT2D eigenvalue weighted by molar-refractivity contribution is 9.10. The molecule has 0 aliphatic carbocycles. The van der Waals surface area contributed by atoms with E-state index in [-0.39, 0.29) is 5.91 Å². The van der Waals surface area contributed by atoms with Gasteiger partial charge in [-0.3, -0.25) is 4.79 Å². The van der Waals surface area contributed by atoms with Gasteiger partial charge >= 0.3 is 0 Å². The van der Waals surface area contributed by atoms with Gasteiger partial charge in [-0.2, -0.15) is 0 Å². The molecule has 1 aromatic heterocycles. The first kappa shape index (κ1) is 13.2. The Labute approximate surface area is 129 Å². The smallest absolute Gasteiger partial charge is 0.255 e. The summed E-state index contributed by atoms with van der Waals surface area (Å²) < 4.78 is 0.768. The summed E-state index contributed by atoms with van der Waals surface area (Å²) in [6.07, 6.45) is 1.87. The minimum absolute atomic E-state index is 0.186. The number of halogens is 2. The Bertz CT molecular complexity index is 797. The number of nitrogens with one attached hydrogen (secondary N) is 2. The second-order valence-electron chi connectivity index (χ2n) is 4.36. The fourth-order valence-corrected chi connectivity index (χ4v) is 2.40. The molecule has 0 fully saturated rings. The Morgan fingerprint density at radius 3 is 2.80 bits per heavy atom. The molecule has 2 N–H and O–H groups in total. The molecule has 0 aliphatic rings. The highest BCUT2D eigenvalue weighted by atomic mass is 79.9. The van der Waals surface area contributed by atoms with E-state index in [0.29, 0.717) is 10.6 Å². The molecule has 3 nitrogen and oxygen atoms in total. The van der Waals surface area contributed by atoms with Crippen molar-refractivity contribution in [3.05, 3.63) is 63.7 Å². The van der Waals surface area contributed by atoms with Crippen LogP contribution in [0.4, 0.5) is 5.69 Å². The minimum atomic E-state index is -0.186. The van der Waals surface area contributed by atoms with Crippen molar-refractivity contribution in [1.29, 1.82) is 0 Å². The van der Waals surface area contributed by atoms with Crippen molar-refractivity contribution in [2.24, 2.45) is 0 Å². The maximum atomic E-state index is 12.2. The maximum Gasteiger partial charge on any atom is 0.255 e. The predicted molar refractivity (Wildman–Crippen MR) is 85.4 cm³/mol. The van der Waals surface area contributed by atoms with Crippen LogP contribution >= 0.6 is 27.5 Å². The molecule has 0 radical (unpaired) electrons. The van der Waals surface area contributed by atoms with Crippen LogP contribution in [0.2, 0.25) is 5.02 Å². The third-order valence-corrected chi connectivity index (χ3v) is 4.23. The summed E-state index contributed by atoms with van der Waals surface area (Å²) in [5.41, 5.74) is 2.31. The number of hydrogen-bond acceptors (Lipinski definition) is 1. The molecule has 0 unspecified atom stereocenters. The Balaban J connectivity index is 1.85. The molecule has 100 valence electrons. The molecule has 5 heteroatoms. The van der Waals surface area contributed by atoms with Gasteiger partial charge in [0, 0.05) is 32.8 Å². The minimum Gasteiger partial charge on any atom is -0.361 e. The second kappa shape index (κ2) is 5.31. The van der Waals surface area contributed by atoms with E-state index < -0.39 is 0 Å². The Morgan fingerprint density at radius 2 is 2.00 bits per heavy atom. The fraction of sp³-hybridized carbons (Fsp3) is 0. The SMILES string of the molecule is O=C(Nc1ccc2[nH]ccc2c1)c1ccc(Br)c(Cl)c1. The Morgan fingerprint density at radius 1 is 1.15 bits per heavy atom. The topological polar surface area (TPSA) is 44.9 Å². The lowest BCUT2D eigenvalue weighted by Crippen LogP contribution is -2.11. The van der Waals surface area contributed by atoms with Crippen molar-refractivity contribution in [2.75, 3.05) is 5.32 Å². The molecule has 20 heavy (non-hydrogen) atoms. The first-order chi connectivity index (χ1) is 9.63. The van der Waals surface area contributed by atoms with Crippen LogP contribution in [0.3, 0.4) is 0 Å². The van der Waals surface area contributed by atoms with Crippen LogP contribution in [0.5, 0.6) is 0 Å². The molecular formula is C15H10BrClN2O. The number of amides is 1. The first-order valence-electron chi connectivity index (χ1n) is 5.97. The van der Waals surface area contributed by atoms with E-state index in [1.807, 2.05) is 30.5 Å². The van der Waals surface area contributed by atoms with E-state index in [0.717, 1.165) is 21.1 Å². The van der Waals surface area contributed by atoms with Gasteiger partial charge < -0.3 is 10.3 Å². The molecule has 0 aliphatic heterocycles. The number of rotatable bonds is 2. The number of benzene rings is 2.